The summed E-state index contributed by atoms with van der Waals surface area (Å²) in [5.41, 5.74) is 3.58. The number of carboxylic acids is 1. The zero-order valence-electron chi connectivity index (χ0n) is 10.2. The first-order valence-electron chi connectivity index (χ1n) is 5.66. The molecule has 2 atom stereocenters. The Bertz CT molecular complexity index is 446. The van der Waals surface area contributed by atoms with Crippen LogP contribution in [0.1, 0.15) is 36.5 Å². The Balaban J connectivity index is 2.41. The van der Waals surface area contributed by atoms with Gasteiger partial charge >= 0.3 is 5.97 Å². The van der Waals surface area contributed by atoms with Gasteiger partial charge in [0.05, 0.1) is 5.92 Å². The summed E-state index contributed by atoms with van der Waals surface area (Å²) in [7, 11) is 0. The van der Waals surface area contributed by atoms with Crippen LogP contribution in [0, 0.1) is 25.2 Å². The molecule has 1 fully saturated rings. The zero-order valence-corrected chi connectivity index (χ0v) is 10.2. The lowest BCUT2D eigenvalue weighted by molar-refractivity contribution is -0.139. The van der Waals surface area contributed by atoms with E-state index < -0.39 is 5.97 Å². The van der Waals surface area contributed by atoms with Crippen LogP contribution < -0.4 is 0 Å². The third kappa shape index (κ3) is 1.44. The summed E-state index contributed by atoms with van der Waals surface area (Å²) in [6.07, 6.45) is 0. The number of hydrogen-bond donors (Lipinski definition) is 1. The van der Waals surface area contributed by atoms with Crippen LogP contribution in [0.3, 0.4) is 0 Å². The fourth-order valence-electron chi connectivity index (χ4n) is 2.79. The molecule has 0 amide bonds. The van der Waals surface area contributed by atoms with Crippen molar-refractivity contribution < 1.29 is 9.90 Å². The lowest BCUT2D eigenvalue weighted by Gasteiger charge is -2.09. The predicted octanol–water partition coefficient (Wildman–Crippen LogP) is 3.13. The molecule has 2 nitrogen and oxygen atoms in total. The van der Waals surface area contributed by atoms with Crippen LogP contribution in [0.2, 0.25) is 0 Å². The third-order valence-corrected chi connectivity index (χ3v) is 4.07. The normalized spacial score (nSPS) is 26.5. The SMILES string of the molecule is Cc1cccc([C@H]2[C@H](C(=O)O)C2(C)C)c1C. The van der Waals surface area contributed by atoms with E-state index in [0.717, 1.165) is 0 Å². The molecule has 2 heteroatoms. The Morgan fingerprint density at radius 2 is 1.94 bits per heavy atom. The van der Waals surface area contributed by atoms with E-state index in [0.29, 0.717) is 0 Å². The third-order valence-electron chi connectivity index (χ3n) is 4.07. The van der Waals surface area contributed by atoms with Crippen molar-refractivity contribution in [1.82, 2.24) is 0 Å². The molecule has 1 saturated carbocycles. The van der Waals surface area contributed by atoms with Gasteiger partial charge in [-0.05, 0) is 36.0 Å². The number of benzene rings is 1. The molecule has 0 saturated heterocycles. The number of rotatable bonds is 2. The second kappa shape index (κ2) is 3.34. The molecule has 86 valence electrons. The number of carboxylic acid groups (broad SMARTS) is 1. The van der Waals surface area contributed by atoms with Crippen molar-refractivity contribution >= 4 is 5.97 Å². The van der Waals surface area contributed by atoms with Crippen LogP contribution in [0.15, 0.2) is 18.2 Å². The maximum absolute atomic E-state index is 11.2. The minimum atomic E-state index is -0.670. The topological polar surface area (TPSA) is 37.3 Å². The van der Waals surface area contributed by atoms with Crippen molar-refractivity contribution in [2.75, 3.05) is 0 Å². The summed E-state index contributed by atoms with van der Waals surface area (Å²) in [6, 6.07) is 6.16. The van der Waals surface area contributed by atoms with E-state index >= 15 is 0 Å². The minimum absolute atomic E-state index is 0.107. The lowest BCUT2D eigenvalue weighted by atomic mass is 9.96. The molecular formula is C14H18O2. The first-order valence-corrected chi connectivity index (χ1v) is 5.66. The Kier molecular flexibility index (Phi) is 2.33. The van der Waals surface area contributed by atoms with E-state index in [1.54, 1.807) is 0 Å². The van der Waals surface area contributed by atoms with E-state index in [1.807, 2.05) is 19.9 Å². The Morgan fingerprint density at radius 3 is 2.44 bits per heavy atom. The molecule has 0 aromatic heterocycles. The Labute approximate surface area is 96.3 Å². The minimum Gasteiger partial charge on any atom is -0.481 e. The molecular weight excluding hydrogens is 200 g/mol. The molecule has 1 aromatic carbocycles. The summed E-state index contributed by atoms with van der Waals surface area (Å²) in [5, 5.41) is 9.18. The molecule has 1 N–H and O–H groups in total. The van der Waals surface area contributed by atoms with Gasteiger partial charge in [0, 0.05) is 5.92 Å². The van der Waals surface area contributed by atoms with Crippen LogP contribution in [0.4, 0.5) is 0 Å². The van der Waals surface area contributed by atoms with Gasteiger partial charge in [0.25, 0.3) is 0 Å². The van der Waals surface area contributed by atoms with Crippen molar-refractivity contribution in [2.45, 2.75) is 33.6 Å². The maximum Gasteiger partial charge on any atom is 0.307 e. The summed E-state index contributed by atoms with van der Waals surface area (Å²) >= 11 is 0. The summed E-state index contributed by atoms with van der Waals surface area (Å²) in [5.74, 6) is -0.728. The van der Waals surface area contributed by atoms with Gasteiger partial charge in [-0.15, -0.1) is 0 Å². The standard InChI is InChI=1S/C14H18O2/c1-8-6-5-7-10(9(8)2)11-12(13(15)16)14(11,3)4/h5-7,11-12H,1-4H3,(H,15,16)/t11-,12+/m0/s1. The Morgan fingerprint density at radius 1 is 1.31 bits per heavy atom. The largest absolute Gasteiger partial charge is 0.481 e. The van der Waals surface area contributed by atoms with Crippen LogP contribution in [0.5, 0.6) is 0 Å². The average molecular weight is 218 g/mol. The van der Waals surface area contributed by atoms with Gasteiger partial charge in [0.1, 0.15) is 0 Å². The highest BCUT2D eigenvalue weighted by molar-refractivity contribution is 5.77. The van der Waals surface area contributed by atoms with Gasteiger partial charge in [-0.3, -0.25) is 4.79 Å². The van der Waals surface area contributed by atoms with Gasteiger partial charge in [-0.25, -0.2) is 0 Å². The van der Waals surface area contributed by atoms with Crippen molar-refractivity contribution in [1.29, 1.82) is 0 Å². The van der Waals surface area contributed by atoms with Crippen LogP contribution >= 0.6 is 0 Å². The average Bonchev–Trinajstić information content (AvgIpc) is 2.74. The van der Waals surface area contributed by atoms with Crippen molar-refractivity contribution in [3.63, 3.8) is 0 Å². The van der Waals surface area contributed by atoms with Gasteiger partial charge < -0.3 is 5.11 Å². The fourth-order valence-corrected chi connectivity index (χ4v) is 2.79. The van der Waals surface area contributed by atoms with Gasteiger partial charge in [-0.2, -0.15) is 0 Å². The fraction of sp³-hybridized carbons (Fsp3) is 0.500. The highest BCUT2D eigenvalue weighted by atomic mass is 16.4. The summed E-state index contributed by atoms with van der Waals surface area (Å²) in [6.45, 7) is 8.23. The molecule has 0 spiro atoms. The molecule has 0 aliphatic heterocycles. The molecule has 0 unspecified atom stereocenters. The van der Waals surface area contributed by atoms with E-state index in [-0.39, 0.29) is 17.3 Å². The second-order valence-corrected chi connectivity index (χ2v) is 5.40. The number of carbonyl (C=O) groups is 1. The number of aliphatic carboxylic acids is 1. The molecule has 0 heterocycles. The quantitative estimate of drug-likeness (QED) is 0.828. The van der Waals surface area contributed by atoms with Crippen LogP contribution in [0.25, 0.3) is 0 Å². The smallest absolute Gasteiger partial charge is 0.307 e. The molecule has 1 aliphatic rings. The number of hydrogen-bond acceptors (Lipinski definition) is 1. The molecule has 0 bridgehead atoms. The monoisotopic (exact) mass is 218 g/mol. The van der Waals surface area contributed by atoms with Crippen LogP contribution in [-0.4, -0.2) is 11.1 Å². The summed E-state index contributed by atoms with van der Waals surface area (Å²) < 4.78 is 0. The van der Waals surface area contributed by atoms with E-state index in [1.165, 1.54) is 16.7 Å². The van der Waals surface area contributed by atoms with Crippen molar-refractivity contribution in [2.24, 2.45) is 11.3 Å². The predicted molar refractivity (Wildman–Crippen MR) is 63.6 cm³/mol. The van der Waals surface area contributed by atoms with E-state index in [9.17, 15) is 9.90 Å². The molecule has 1 aliphatic carbocycles. The zero-order chi connectivity index (χ0) is 12.1. The first kappa shape index (κ1) is 11.2. The van der Waals surface area contributed by atoms with Gasteiger partial charge in [0.15, 0.2) is 0 Å². The number of aryl methyl sites for hydroxylation is 1. The van der Waals surface area contributed by atoms with Gasteiger partial charge in [0.2, 0.25) is 0 Å². The van der Waals surface area contributed by atoms with Crippen LogP contribution in [-0.2, 0) is 4.79 Å². The molecule has 16 heavy (non-hydrogen) atoms. The lowest BCUT2D eigenvalue weighted by Crippen LogP contribution is -2.03. The van der Waals surface area contributed by atoms with E-state index in [4.69, 9.17) is 0 Å². The maximum atomic E-state index is 11.2. The Hall–Kier alpha value is -1.31. The van der Waals surface area contributed by atoms with Gasteiger partial charge in [-0.1, -0.05) is 32.0 Å². The first-order chi connectivity index (χ1) is 7.37. The summed E-state index contributed by atoms with van der Waals surface area (Å²) in [4.78, 5) is 11.2. The van der Waals surface area contributed by atoms with Crippen molar-refractivity contribution in [3.05, 3.63) is 34.9 Å². The highest BCUT2D eigenvalue weighted by Crippen LogP contribution is 2.64. The van der Waals surface area contributed by atoms with Crippen molar-refractivity contribution in [3.8, 4) is 0 Å². The highest BCUT2D eigenvalue weighted by Gasteiger charge is 2.62. The molecule has 2 rings (SSSR count). The molecule has 0 radical (unpaired) electrons. The second-order valence-electron chi connectivity index (χ2n) is 5.40. The molecule has 1 aromatic rings. The van der Waals surface area contributed by atoms with E-state index in [2.05, 4.69) is 26.0 Å².